The molecule has 10 rings (SSSR count). The van der Waals surface area contributed by atoms with Crippen LogP contribution in [0.15, 0.2) is 212 Å². The fourth-order valence-corrected chi connectivity index (χ4v) is 8.51. The Morgan fingerprint density at radius 3 is 1.43 bits per heavy atom. The molecule has 2 atom stereocenters. The van der Waals surface area contributed by atoms with E-state index >= 15 is 0 Å². The molecule has 0 saturated heterocycles. The van der Waals surface area contributed by atoms with Crippen LogP contribution in [0, 0.1) is 5.92 Å². The quantitative estimate of drug-likeness (QED) is 0.144. The van der Waals surface area contributed by atoms with Crippen LogP contribution in [0.5, 0.6) is 0 Å². The van der Waals surface area contributed by atoms with Gasteiger partial charge in [-0.15, -0.1) is 0 Å². The van der Waals surface area contributed by atoms with Crippen molar-refractivity contribution in [3.05, 3.63) is 223 Å². The van der Waals surface area contributed by atoms with Crippen LogP contribution in [0.3, 0.4) is 0 Å². The van der Waals surface area contributed by atoms with Crippen molar-refractivity contribution in [2.75, 3.05) is 9.80 Å². The molecule has 2 unspecified atom stereocenters. The lowest BCUT2D eigenvalue weighted by Gasteiger charge is -2.37. The summed E-state index contributed by atoms with van der Waals surface area (Å²) in [7, 11) is 0. The maximum absolute atomic E-state index is 2.53. The maximum atomic E-state index is 2.53. The number of hydrogen-bond donors (Lipinski definition) is 0. The van der Waals surface area contributed by atoms with E-state index in [0.29, 0.717) is 5.92 Å². The van der Waals surface area contributed by atoms with Crippen molar-refractivity contribution in [1.82, 2.24) is 0 Å². The molecular formula is C54H42N2. The highest BCUT2D eigenvalue weighted by molar-refractivity contribution is 5.93. The molecule has 0 radical (unpaired) electrons. The number of anilines is 5. The highest BCUT2D eigenvalue weighted by Crippen LogP contribution is 2.40. The second-order valence-electron chi connectivity index (χ2n) is 15.0. The third-order valence-corrected chi connectivity index (χ3v) is 11.4. The fourth-order valence-electron chi connectivity index (χ4n) is 8.51. The van der Waals surface area contributed by atoms with Gasteiger partial charge in [0.2, 0.25) is 0 Å². The maximum Gasteiger partial charge on any atom is 0.0528 e. The summed E-state index contributed by atoms with van der Waals surface area (Å²) >= 11 is 0. The van der Waals surface area contributed by atoms with E-state index in [9.17, 15) is 0 Å². The molecular weight excluding hydrogens is 677 g/mol. The third kappa shape index (κ3) is 6.71. The monoisotopic (exact) mass is 718 g/mol. The average molecular weight is 719 g/mol. The summed E-state index contributed by atoms with van der Waals surface area (Å²) in [6.45, 7) is 0. The van der Waals surface area contributed by atoms with Gasteiger partial charge in [0.1, 0.15) is 0 Å². The summed E-state index contributed by atoms with van der Waals surface area (Å²) < 4.78 is 0. The molecule has 0 saturated carbocycles. The Balaban J connectivity index is 0.938. The summed E-state index contributed by atoms with van der Waals surface area (Å²) in [4.78, 5) is 4.89. The normalized spacial score (nSPS) is 16.3. The molecule has 8 aromatic rings. The predicted molar refractivity (Wildman–Crippen MR) is 240 cm³/mol. The number of hydrogen-bond acceptors (Lipinski definition) is 2. The lowest BCUT2D eigenvalue weighted by Crippen LogP contribution is -2.33. The molecule has 2 nitrogen and oxygen atoms in total. The summed E-state index contributed by atoms with van der Waals surface area (Å²) in [6, 6.07) is 64.3. The minimum Gasteiger partial charge on any atom is -0.334 e. The number of rotatable bonds is 8. The molecule has 0 bridgehead atoms. The largest absolute Gasteiger partial charge is 0.334 e. The molecule has 56 heavy (non-hydrogen) atoms. The Morgan fingerprint density at radius 2 is 0.875 bits per heavy atom. The highest BCUT2D eigenvalue weighted by Gasteiger charge is 2.27. The zero-order valence-electron chi connectivity index (χ0n) is 31.2. The van der Waals surface area contributed by atoms with Crippen LogP contribution < -0.4 is 9.80 Å². The molecule has 2 heteroatoms. The van der Waals surface area contributed by atoms with E-state index in [0.717, 1.165) is 35.5 Å². The first kappa shape index (κ1) is 33.7. The average Bonchev–Trinajstić information content (AvgIpc) is 3.26. The zero-order chi connectivity index (χ0) is 37.3. The first-order valence-electron chi connectivity index (χ1n) is 19.7. The first-order chi connectivity index (χ1) is 27.7. The standard InChI is InChI=1S/C54H42N2/c1-5-13-45-35-51(31-23-41(45)9-1)55(52-32-24-42-10-2-6-14-46(42)36-52)49-27-19-39(20-28-49)17-18-40-21-29-50(30-22-40)56(53-33-25-43-11-3-7-15-47(43)37-53)54-34-26-44-12-4-8-16-48(44)38-54/h1-25,27-33,35-38,44,54H,26,34H2/b18-17+. The van der Waals surface area contributed by atoms with Gasteiger partial charge < -0.3 is 9.80 Å². The Kier molecular flexibility index (Phi) is 8.85. The van der Waals surface area contributed by atoms with Crippen LogP contribution >= 0.6 is 0 Å². The van der Waals surface area contributed by atoms with Gasteiger partial charge in [0, 0.05) is 34.4 Å². The van der Waals surface area contributed by atoms with E-state index in [-0.39, 0.29) is 6.04 Å². The summed E-state index contributed by atoms with van der Waals surface area (Å²) in [5.41, 5.74) is 9.59. The molecule has 0 aliphatic heterocycles. The van der Waals surface area contributed by atoms with E-state index in [2.05, 4.69) is 228 Å². The minimum absolute atomic E-state index is 0.280. The Labute approximate surface area is 329 Å². The van der Waals surface area contributed by atoms with Crippen molar-refractivity contribution >= 4 is 72.9 Å². The Bertz CT molecular complexity index is 2740. The van der Waals surface area contributed by atoms with E-state index in [1.165, 1.54) is 54.8 Å². The SMILES string of the molecule is C1=CC2=CC(N(c3ccc(/C=C/c4ccc(N(c5ccc6ccccc6c5)c5ccc6ccccc6c5)cc4)cc3)c3ccc4ccccc4c3)CCC2C=C1. The molecule has 0 spiro atoms. The van der Waals surface area contributed by atoms with Crippen molar-refractivity contribution in [2.24, 2.45) is 5.92 Å². The Morgan fingerprint density at radius 1 is 0.411 bits per heavy atom. The van der Waals surface area contributed by atoms with E-state index < -0.39 is 0 Å². The predicted octanol–water partition coefficient (Wildman–Crippen LogP) is 14.8. The van der Waals surface area contributed by atoms with Gasteiger partial charge in [0.25, 0.3) is 0 Å². The number of nitrogens with zero attached hydrogens (tertiary/aromatic N) is 2. The molecule has 8 aromatic carbocycles. The van der Waals surface area contributed by atoms with Gasteiger partial charge in [0.15, 0.2) is 0 Å². The van der Waals surface area contributed by atoms with Gasteiger partial charge in [-0.05, 0) is 123 Å². The molecule has 0 aromatic heterocycles. The zero-order valence-corrected chi connectivity index (χ0v) is 31.2. The minimum atomic E-state index is 0.280. The van der Waals surface area contributed by atoms with Crippen LogP contribution in [-0.2, 0) is 0 Å². The highest BCUT2D eigenvalue weighted by atomic mass is 15.2. The lowest BCUT2D eigenvalue weighted by atomic mass is 9.82. The van der Waals surface area contributed by atoms with Gasteiger partial charge in [-0.2, -0.15) is 0 Å². The van der Waals surface area contributed by atoms with Crippen molar-refractivity contribution < 1.29 is 0 Å². The lowest BCUT2D eigenvalue weighted by molar-refractivity contribution is 0.551. The molecule has 0 heterocycles. The van der Waals surface area contributed by atoms with Gasteiger partial charge in [-0.3, -0.25) is 0 Å². The first-order valence-corrected chi connectivity index (χ1v) is 19.7. The Hall–Kier alpha value is -6.90. The molecule has 0 amide bonds. The second kappa shape index (κ2) is 14.7. The molecule has 268 valence electrons. The molecule has 2 aliphatic rings. The van der Waals surface area contributed by atoms with Crippen molar-refractivity contribution in [2.45, 2.75) is 18.9 Å². The van der Waals surface area contributed by atoms with Gasteiger partial charge >= 0.3 is 0 Å². The van der Waals surface area contributed by atoms with Crippen LogP contribution in [0.2, 0.25) is 0 Å². The smallest absolute Gasteiger partial charge is 0.0528 e. The van der Waals surface area contributed by atoms with Gasteiger partial charge in [0.05, 0.1) is 6.04 Å². The van der Waals surface area contributed by atoms with E-state index in [1.807, 2.05) is 0 Å². The number of allylic oxidation sites excluding steroid dienone is 5. The second-order valence-corrected chi connectivity index (χ2v) is 15.0. The van der Waals surface area contributed by atoms with Crippen molar-refractivity contribution in [3.63, 3.8) is 0 Å². The van der Waals surface area contributed by atoms with Crippen molar-refractivity contribution in [3.8, 4) is 0 Å². The summed E-state index contributed by atoms with van der Waals surface area (Å²) in [6.07, 6.45) is 18.2. The van der Waals surface area contributed by atoms with Gasteiger partial charge in [-0.1, -0.05) is 158 Å². The molecule has 0 N–H and O–H groups in total. The van der Waals surface area contributed by atoms with Crippen LogP contribution in [0.1, 0.15) is 24.0 Å². The molecule has 0 fully saturated rings. The fraction of sp³-hybridized carbons (Fsp3) is 0.0741. The van der Waals surface area contributed by atoms with Crippen LogP contribution in [-0.4, -0.2) is 6.04 Å². The van der Waals surface area contributed by atoms with Crippen molar-refractivity contribution in [1.29, 1.82) is 0 Å². The topological polar surface area (TPSA) is 6.48 Å². The number of benzene rings is 8. The van der Waals surface area contributed by atoms with Crippen LogP contribution in [0.4, 0.5) is 28.4 Å². The van der Waals surface area contributed by atoms with E-state index in [1.54, 1.807) is 0 Å². The third-order valence-electron chi connectivity index (χ3n) is 11.4. The number of fused-ring (bicyclic) bond motifs is 4. The summed E-state index contributed by atoms with van der Waals surface area (Å²) in [5.74, 6) is 0.525. The summed E-state index contributed by atoms with van der Waals surface area (Å²) in [5, 5.41) is 7.46. The van der Waals surface area contributed by atoms with Gasteiger partial charge in [-0.25, -0.2) is 0 Å². The molecule has 2 aliphatic carbocycles. The van der Waals surface area contributed by atoms with Crippen LogP contribution in [0.25, 0.3) is 44.5 Å². The van der Waals surface area contributed by atoms with E-state index in [4.69, 9.17) is 0 Å².